The predicted molar refractivity (Wildman–Crippen MR) is 121 cm³/mol. The number of nitrogens with zero attached hydrogens (tertiary/aromatic N) is 3. The topological polar surface area (TPSA) is 88.9 Å². The molecule has 3 rings (SSSR count). The van der Waals surface area contributed by atoms with Crippen LogP contribution in [0.5, 0.6) is 0 Å². The fraction of sp³-hybridized carbons (Fsp3) is 0.333. The molecule has 1 aromatic carbocycles. The average Bonchev–Trinajstić information content (AvgIpc) is 3.31. The Bertz CT molecular complexity index is 994. The van der Waals surface area contributed by atoms with Crippen molar-refractivity contribution >= 4 is 35.0 Å². The van der Waals surface area contributed by atoms with Gasteiger partial charge in [-0.15, -0.1) is 21.5 Å². The molecule has 1 atom stereocenters. The molecule has 30 heavy (non-hydrogen) atoms. The van der Waals surface area contributed by atoms with Gasteiger partial charge in [0, 0.05) is 5.54 Å². The molecule has 158 valence electrons. The summed E-state index contributed by atoms with van der Waals surface area (Å²) >= 11 is 2.87. The van der Waals surface area contributed by atoms with Crippen molar-refractivity contribution in [3.8, 4) is 10.7 Å². The Hall–Kier alpha value is -2.65. The highest BCUT2D eigenvalue weighted by Gasteiger charge is 2.23. The number of rotatable bonds is 6. The molecule has 0 aliphatic rings. The minimum absolute atomic E-state index is 0.381. The first-order valence-electron chi connectivity index (χ1n) is 9.53. The van der Waals surface area contributed by atoms with Crippen LogP contribution in [0.3, 0.4) is 0 Å². The van der Waals surface area contributed by atoms with Crippen LogP contribution in [0.25, 0.3) is 10.7 Å². The molecule has 2 N–H and O–H groups in total. The molecule has 2 aromatic heterocycles. The number of hydrogen-bond donors (Lipinski definition) is 2. The van der Waals surface area contributed by atoms with Gasteiger partial charge in [0.25, 0.3) is 0 Å². The van der Waals surface area contributed by atoms with Gasteiger partial charge in [0.05, 0.1) is 16.7 Å². The van der Waals surface area contributed by atoms with Gasteiger partial charge in [0.2, 0.25) is 5.91 Å². The molecular formula is C21H25N5O2S2. The van der Waals surface area contributed by atoms with Gasteiger partial charge in [-0.3, -0.25) is 14.7 Å². The maximum atomic E-state index is 12.5. The first-order valence-corrected chi connectivity index (χ1v) is 11.3. The van der Waals surface area contributed by atoms with Crippen LogP contribution < -0.4 is 10.6 Å². The van der Waals surface area contributed by atoms with Gasteiger partial charge in [-0.05, 0) is 44.7 Å². The van der Waals surface area contributed by atoms with E-state index in [4.69, 9.17) is 0 Å². The predicted octanol–water partition coefficient (Wildman–Crippen LogP) is 4.16. The van der Waals surface area contributed by atoms with Crippen LogP contribution in [0.2, 0.25) is 0 Å². The van der Waals surface area contributed by atoms with Crippen LogP contribution in [0.4, 0.5) is 4.79 Å². The molecule has 0 radical (unpaired) electrons. The summed E-state index contributed by atoms with van der Waals surface area (Å²) < 4.78 is 2.00. The highest BCUT2D eigenvalue weighted by molar-refractivity contribution is 8.00. The summed E-state index contributed by atoms with van der Waals surface area (Å²) in [5, 5.41) is 15.9. The third-order valence-corrected chi connectivity index (χ3v) is 5.96. The number of amides is 3. The van der Waals surface area contributed by atoms with Crippen molar-refractivity contribution in [2.75, 3.05) is 0 Å². The molecule has 9 heteroatoms. The molecule has 0 saturated carbocycles. The van der Waals surface area contributed by atoms with Crippen molar-refractivity contribution in [2.24, 2.45) is 0 Å². The molecule has 2 heterocycles. The number of nitrogens with one attached hydrogen (secondary N) is 2. The van der Waals surface area contributed by atoms with E-state index in [9.17, 15) is 9.59 Å². The minimum Gasteiger partial charge on any atom is -0.333 e. The number of carbonyl (C=O) groups is 2. The number of carbonyl (C=O) groups excluding carboxylic acids is 2. The number of urea groups is 1. The third-order valence-electron chi connectivity index (χ3n) is 4.02. The molecule has 0 bridgehead atoms. The summed E-state index contributed by atoms with van der Waals surface area (Å²) in [6.07, 6.45) is 0. The molecule has 7 nitrogen and oxygen atoms in total. The second-order valence-electron chi connectivity index (χ2n) is 7.81. The van der Waals surface area contributed by atoms with Gasteiger partial charge in [0.15, 0.2) is 11.0 Å². The van der Waals surface area contributed by atoms with Crippen molar-refractivity contribution in [1.29, 1.82) is 0 Å². The standard InChI is InChI=1S/C21H25N5O2S2/c1-14(18(27)22-19(28)23-21(2,3)4)30-20-25-24-17(16-11-8-12-29-16)26(20)13-15-9-6-5-7-10-15/h5-12,14H,13H2,1-4H3,(H2,22,23,27,28). The zero-order valence-electron chi connectivity index (χ0n) is 17.4. The lowest BCUT2D eigenvalue weighted by Gasteiger charge is -2.21. The monoisotopic (exact) mass is 443 g/mol. The van der Waals surface area contributed by atoms with Crippen LogP contribution in [-0.4, -0.2) is 37.5 Å². The molecule has 0 aliphatic carbocycles. The lowest BCUT2D eigenvalue weighted by Crippen LogP contribution is -2.49. The van der Waals surface area contributed by atoms with Crippen LogP contribution >= 0.6 is 23.1 Å². The Morgan fingerprint density at radius 3 is 2.50 bits per heavy atom. The normalized spacial score (nSPS) is 12.4. The summed E-state index contributed by atoms with van der Waals surface area (Å²) in [5.41, 5.74) is 0.685. The molecule has 0 spiro atoms. The van der Waals surface area contributed by atoms with Crippen LogP contribution in [-0.2, 0) is 11.3 Å². The Balaban J connectivity index is 1.78. The van der Waals surface area contributed by atoms with Gasteiger partial charge in [-0.1, -0.05) is 48.2 Å². The van der Waals surface area contributed by atoms with Gasteiger partial charge < -0.3 is 5.32 Å². The van der Waals surface area contributed by atoms with Crippen LogP contribution in [0.1, 0.15) is 33.3 Å². The summed E-state index contributed by atoms with van der Waals surface area (Å²) in [6.45, 7) is 7.90. The Morgan fingerprint density at radius 1 is 1.13 bits per heavy atom. The van der Waals surface area contributed by atoms with E-state index >= 15 is 0 Å². The van der Waals surface area contributed by atoms with Crippen LogP contribution in [0.15, 0.2) is 53.0 Å². The van der Waals surface area contributed by atoms with E-state index in [1.54, 1.807) is 18.3 Å². The van der Waals surface area contributed by atoms with Crippen molar-refractivity contribution in [3.05, 3.63) is 53.4 Å². The lowest BCUT2D eigenvalue weighted by atomic mass is 10.1. The number of imide groups is 1. The van der Waals surface area contributed by atoms with Crippen LogP contribution in [0, 0.1) is 0 Å². The van der Waals surface area contributed by atoms with E-state index in [-0.39, 0.29) is 5.91 Å². The molecular weight excluding hydrogens is 418 g/mol. The zero-order valence-corrected chi connectivity index (χ0v) is 19.0. The van der Waals surface area contributed by atoms with E-state index in [2.05, 4.69) is 20.8 Å². The fourth-order valence-corrected chi connectivity index (χ4v) is 4.24. The maximum absolute atomic E-state index is 12.5. The SMILES string of the molecule is CC(Sc1nnc(-c2cccs2)n1Cc1ccccc1)C(=O)NC(=O)NC(C)(C)C. The molecule has 0 aliphatic heterocycles. The number of aromatic nitrogens is 3. The highest BCUT2D eigenvalue weighted by atomic mass is 32.2. The van der Waals surface area contributed by atoms with Gasteiger partial charge in [-0.2, -0.15) is 0 Å². The molecule has 3 aromatic rings. The van der Waals surface area contributed by atoms with E-state index in [1.165, 1.54) is 11.8 Å². The molecule has 3 amide bonds. The second-order valence-corrected chi connectivity index (χ2v) is 10.1. The van der Waals surface area contributed by atoms with E-state index < -0.39 is 16.8 Å². The Labute approximate surface area is 184 Å². The Morgan fingerprint density at radius 2 is 1.87 bits per heavy atom. The van der Waals surface area contributed by atoms with Crippen molar-refractivity contribution in [3.63, 3.8) is 0 Å². The highest BCUT2D eigenvalue weighted by Crippen LogP contribution is 2.30. The average molecular weight is 444 g/mol. The quantitative estimate of drug-likeness (QED) is 0.559. The van der Waals surface area contributed by atoms with Gasteiger partial charge >= 0.3 is 6.03 Å². The third kappa shape index (κ3) is 5.93. The molecule has 0 fully saturated rings. The van der Waals surface area contributed by atoms with E-state index in [1.807, 2.05) is 73.2 Å². The summed E-state index contributed by atoms with van der Waals surface area (Å²) in [7, 11) is 0. The van der Waals surface area contributed by atoms with E-state index in [0.29, 0.717) is 11.7 Å². The smallest absolute Gasteiger partial charge is 0.321 e. The number of thioether (sulfide) groups is 1. The first-order chi connectivity index (χ1) is 14.2. The molecule has 1 unspecified atom stereocenters. The second kappa shape index (κ2) is 9.44. The summed E-state index contributed by atoms with van der Waals surface area (Å²) in [5.74, 6) is 0.378. The first kappa shape index (κ1) is 22.0. The zero-order chi connectivity index (χ0) is 21.7. The van der Waals surface area contributed by atoms with Crippen molar-refractivity contribution in [2.45, 2.75) is 50.2 Å². The Kier molecular flexibility index (Phi) is 6.94. The van der Waals surface area contributed by atoms with Gasteiger partial charge in [0.1, 0.15) is 0 Å². The van der Waals surface area contributed by atoms with Gasteiger partial charge in [-0.25, -0.2) is 4.79 Å². The largest absolute Gasteiger partial charge is 0.333 e. The maximum Gasteiger partial charge on any atom is 0.321 e. The number of thiophene rings is 1. The van der Waals surface area contributed by atoms with E-state index in [0.717, 1.165) is 16.3 Å². The fourth-order valence-electron chi connectivity index (χ4n) is 2.67. The number of benzene rings is 1. The van der Waals surface area contributed by atoms with Crippen molar-refractivity contribution in [1.82, 2.24) is 25.4 Å². The lowest BCUT2D eigenvalue weighted by molar-refractivity contribution is -0.119. The minimum atomic E-state index is -0.523. The van der Waals surface area contributed by atoms with Crippen molar-refractivity contribution < 1.29 is 9.59 Å². The molecule has 0 saturated heterocycles. The number of hydrogen-bond acceptors (Lipinski definition) is 6. The summed E-state index contributed by atoms with van der Waals surface area (Å²) in [4.78, 5) is 25.5. The summed E-state index contributed by atoms with van der Waals surface area (Å²) in [6, 6.07) is 13.5.